The largest absolute Gasteiger partial charge is 0.380 e. The maximum Gasteiger partial charge on any atom is 0.175 e. The summed E-state index contributed by atoms with van der Waals surface area (Å²) in [5.74, 6) is -0.797. The first-order valence-electron chi connectivity index (χ1n) is 5.61. The predicted molar refractivity (Wildman–Crippen MR) is 74.6 cm³/mol. The Morgan fingerprint density at radius 1 is 1.45 bits per heavy atom. The topological polar surface area (TPSA) is 86.2 Å². The Morgan fingerprint density at radius 2 is 2.10 bits per heavy atom. The average molecular weight is 319 g/mol. The Balaban J connectivity index is 2.70. The molecule has 0 aliphatic rings. The van der Waals surface area contributed by atoms with Crippen molar-refractivity contribution in [2.45, 2.75) is 12.2 Å². The molecule has 0 radical (unpaired) electrons. The first-order valence-corrected chi connectivity index (χ1v) is 7.95. The van der Waals surface area contributed by atoms with Crippen LogP contribution < -0.4 is 5.73 Å². The van der Waals surface area contributed by atoms with E-state index in [1.54, 1.807) is 0 Å². The first kappa shape index (κ1) is 14.8. The summed E-state index contributed by atoms with van der Waals surface area (Å²) in [5.41, 5.74) is 5.83. The van der Waals surface area contributed by atoms with Gasteiger partial charge in [0.15, 0.2) is 21.4 Å². The minimum absolute atomic E-state index is 0.00818. The number of nitrogen functional groups attached to an aromatic ring is 1. The van der Waals surface area contributed by atoms with E-state index in [2.05, 4.69) is 5.16 Å². The Kier molecular flexibility index (Phi) is 3.75. The van der Waals surface area contributed by atoms with Crippen LogP contribution in [0.2, 0.25) is 5.02 Å². The number of sulfone groups is 1. The molecule has 2 aromatic rings. The van der Waals surface area contributed by atoms with Gasteiger partial charge in [-0.1, -0.05) is 28.9 Å². The highest BCUT2D eigenvalue weighted by Gasteiger charge is 2.29. The fourth-order valence-electron chi connectivity index (χ4n) is 1.76. The van der Waals surface area contributed by atoms with E-state index >= 15 is 0 Å². The van der Waals surface area contributed by atoms with Crippen LogP contribution in [0.15, 0.2) is 22.7 Å². The smallest absolute Gasteiger partial charge is 0.175 e. The summed E-state index contributed by atoms with van der Waals surface area (Å²) < 4.78 is 42.3. The van der Waals surface area contributed by atoms with Gasteiger partial charge in [0.25, 0.3) is 0 Å². The van der Waals surface area contributed by atoms with Crippen LogP contribution in [0, 0.1) is 5.82 Å². The Morgan fingerprint density at radius 3 is 2.70 bits per heavy atom. The van der Waals surface area contributed by atoms with E-state index < -0.39 is 20.9 Å². The normalized spacial score (nSPS) is 13.4. The van der Waals surface area contributed by atoms with E-state index in [9.17, 15) is 12.8 Å². The van der Waals surface area contributed by atoms with E-state index in [1.165, 1.54) is 25.1 Å². The second-order valence-corrected chi connectivity index (χ2v) is 7.15. The molecule has 0 spiro atoms. The van der Waals surface area contributed by atoms with Crippen molar-refractivity contribution in [1.82, 2.24) is 5.16 Å². The summed E-state index contributed by atoms with van der Waals surface area (Å²) in [4.78, 5) is 0. The number of halogens is 2. The van der Waals surface area contributed by atoms with Crippen molar-refractivity contribution in [3.8, 4) is 11.1 Å². The monoisotopic (exact) mass is 318 g/mol. The van der Waals surface area contributed by atoms with Crippen molar-refractivity contribution in [2.24, 2.45) is 0 Å². The SMILES string of the molecule is CC(c1onc(N)c1-c1cccc(Cl)c1F)S(C)(=O)=O. The molecule has 2 rings (SSSR count). The molecule has 2 N–H and O–H groups in total. The molecule has 0 aliphatic heterocycles. The average Bonchev–Trinajstić information content (AvgIpc) is 2.72. The zero-order chi connectivity index (χ0) is 15.1. The van der Waals surface area contributed by atoms with Crippen LogP contribution in [-0.2, 0) is 9.84 Å². The number of benzene rings is 1. The number of nitrogens with two attached hydrogens (primary N) is 1. The van der Waals surface area contributed by atoms with Gasteiger partial charge in [-0.25, -0.2) is 12.8 Å². The summed E-state index contributed by atoms with van der Waals surface area (Å²) in [6.07, 6.45) is 1.05. The molecule has 0 saturated carbocycles. The van der Waals surface area contributed by atoms with E-state index in [-0.39, 0.29) is 27.7 Å². The number of aromatic nitrogens is 1. The van der Waals surface area contributed by atoms with Crippen LogP contribution in [0.1, 0.15) is 17.9 Å². The van der Waals surface area contributed by atoms with Crippen LogP contribution in [-0.4, -0.2) is 19.8 Å². The molecular weight excluding hydrogens is 307 g/mol. The van der Waals surface area contributed by atoms with Gasteiger partial charge in [-0.3, -0.25) is 0 Å². The third-order valence-corrected chi connectivity index (χ3v) is 4.77. The third-order valence-electron chi connectivity index (χ3n) is 2.98. The lowest BCUT2D eigenvalue weighted by Crippen LogP contribution is -2.08. The number of hydrogen-bond acceptors (Lipinski definition) is 5. The number of rotatable bonds is 3. The molecule has 1 aromatic carbocycles. The Labute approximate surface area is 120 Å². The van der Waals surface area contributed by atoms with Crippen LogP contribution in [0.3, 0.4) is 0 Å². The van der Waals surface area contributed by atoms with Crippen LogP contribution in [0.5, 0.6) is 0 Å². The second-order valence-electron chi connectivity index (χ2n) is 4.38. The predicted octanol–water partition coefficient (Wildman–Crippen LogP) is 2.82. The summed E-state index contributed by atoms with van der Waals surface area (Å²) in [5, 5.41) is 2.43. The number of nitrogens with zero attached hydrogens (tertiary/aromatic N) is 1. The molecule has 8 heteroatoms. The minimum Gasteiger partial charge on any atom is -0.380 e. The highest BCUT2D eigenvalue weighted by atomic mass is 35.5. The number of anilines is 1. The molecule has 108 valence electrons. The van der Waals surface area contributed by atoms with Crippen LogP contribution in [0.4, 0.5) is 10.2 Å². The van der Waals surface area contributed by atoms with Gasteiger partial charge in [0.05, 0.1) is 10.6 Å². The molecule has 0 amide bonds. The standard InChI is InChI=1S/C12H12ClFN2O3S/c1-6(20(2,17)18)11-9(12(15)16-19-11)7-4-3-5-8(13)10(7)14/h3-6H,1-2H3,(H2,15,16). The van der Waals surface area contributed by atoms with Crippen molar-refractivity contribution >= 4 is 27.3 Å². The molecule has 1 unspecified atom stereocenters. The molecular formula is C12H12ClFN2O3S. The number of hydrogen-bond donors (Lipinski definition) is 1. The molecule has 20 heavy (non-hydrogen) atoms. The lowest BCUT2D eigenvalue weighted by atomic mass is 10.0. The zero-order valence-electron chi connectivity index (χ0n) is 10.7. The van der Waals surface area contributed by atoms with Gasteiger partial charge in [-0.05, 0) is 13.0 Å². The quantitative estimate of drug-likeness (QED) is 0.940. The second kappa shape index (κ2) is 5.06. The summed E-state index contributed by atoms with van der Waals surface area (Å²) in [6.45, 7) is 1.42. The summed E-state index contributed by atoms with van der Waals surface area (Å²) >= 11 is 5.72. The minimum atomic E-state index is -3.44. The lowest BCUT2D eigenvalue weighted by Gasteiger charge is -2.09. The van der Waals surface area contributed by atoms with Gasteiger partial charge in [0.2, 0.25) is 0 Å². The Hall–Kier alpha value is -1.60. The summed E-state index contributed by atoms with van der Waals surface area (Å²) in [7, 11) is -3.44. The van der Waals surface area contributed by atoms with Gasteiger partial charge < -0.3 is 10.3 Å². The molecule has 0 aliphatic carbocycles. The van der Waals surface area contributed by atoms with Crippen LogP contribution in [0.25, 0.3) is 11.1 Å². The molecule has 1 aromatic heterocycles. The fraction of sp³-hybridized carbons (Fsp3) is 0.250. The van der Waals surface area contributed by atoms with Gasteiger partial charge in [-0.15, -0.1) is 0 Å². The van der Waals surface area contributed by atoms with Crippen molar-refractivity contribution < 1.29 is 17.3 Å². The molecule has 0 bridgehead atoms. The van der Waals surface area contributed by atoms with E-state index in [4.69, 9.17) is 21.9 Å². The molecule has 1 heterocycles. The highest BCUT2D eigenvalue weighted by Crippen LogP contribution is 2.38. The fourth-order valence-corrected chi connectivity index (χ4v) is 2.48. The lowest BCUT2D eigenvalue weighted by molar-refractivity contribution is 0.385. The molecule has 5 nitrogen and oxygen atoms in total. The third kappa shape index (κ3) is 2.51. The summed E-state index contributed by atoms with van der Waals surface area (Å²) in [6, 6.07) is 4.34. The van der Waals surface area contributed by atoms with E-state index in [0.717, 1.165) is 6.26 Å². The van der Waals surface area contributed by atoms with Gasteiger partial charge in [-0.2, -0.15) is 0 Å². The Bertz CT molecular complexity index is 758. The molecule has 0 saturated heterocycles. The van der Waals surface area contributed by atoms with Crippen molar-refractivity contribution in [3.63, 3.8) is 0 Å². The van der Waals surface area contributed by atoms with Crippen LogP contribution >= 0.6 is 11.6 Å². The first-order chi connectivity index (χ1) is 9.23. The van der Waals surface area contributed by atoms with Crippen molar-refractivity contribution in [1.29, 1.82) is 0 Å². The highest BCUT2D eigenvalue weighted by molar-refractivity contribution is 7.90. The molecule has 0 fully saturated rings. The maximum absolute atomic E-state index is 14.1. The van der Waals surface area contributed by atoms with Crippen molar-refractivity contribution in [2.75, 3.05) is 12.0 Å². The van der Waals surface area contributed by atoms with Gasteiger partial charge >= 0.3 is 0 Å². The maximum atomic E-state index is 14.1. The van der Waals surface area contributed by atoms with Gasteiger partial charge in [0.1, 0.15) is 11.1 Å². The molecule has 1 atom stereocenters. The van der Waals surface area contributed by atoms with Gasteiger partial charge in [0, 0.05) is 11.8 Å². The zero-order valence-corrected chi connectivity index (χ0v) is 12.3. The van der Waals surface area contributed by atoms with Crippen molar-refractivity contribution in [3.05, 3.63) is 34.8 Å². The van der Waals surface area contributed by atoms with E-state index in [0.29, 0.717) is 0 Å². The van der Waals surface area contributed by atoms with E-state index in [1.807, 2.05) is 0 Å².